The van der Waals surface area contributed by atoms with E-state index in [1.165, 1.54) is 11.8 Å². The summed E-state index contributed by atoms with van der Waals surface area (Å²) < 4.78 is 0. The molecular formula is C13H19N3O2S. The summed E-state index contributed by atoms with van der Waals surface area (Å²) >= 11 is 1.45. The average molecular weight is 281 g/mol. The summed E-state index contributed by atoms with van der Waals surface area (Å²) in [5.41, 5.74) is 1.16. The van der Waals surface area contributed by atoms with Gasteiger partial charge in [0, 0.05) is 12.0 Å². The van der Waals surface area contributed by atoms with Gasteiger partial charge < -0.3 is 10.4 Å². The molecule has 1 aliphatic carbocycles. The fraction of sp³-hybridized carbons (Fsp3) is 0.615. The maximum absolute atomic E-state index is 12.3. The van der Waals surface area contributed by atoms with Crippen LogP contribution in [0, 0.1) is 19.3 Å². The number of amides is 1. The second kappa shape index (κ2) is 5.46. The van der Waals surface area contributed by atoms with Gasteiger partial charge in [0.05, 0.1) is 17.9 Å². The molecule has 0 atom stereocenters. The molecule has 0 saturated heterocycles. The number of thioether (sulfide) groups is 1. The molecule has 0 spiro atoms. The monoisotopic (exact) mass is 281 g/mol. The molecule has 1 aliphatic rings. The summed E-state index contributed by atoms with van der Waals surface area (Å²) in [4.78, 5) is 20.8. The van der Waals surface area contributed by atoms with Crippen molar-refractivity contribution in [1.29, 1.82) is 0 Å². The molecule has 0 aliphatic heterocycles. The van der Waals surface area contributed by atoms with Crippen LogP contribution in [0.3, 0.4) is 0 Å². The van der Waals surface area contributed by atoms with E-state index in [1.54, 1.807) is 0 Å². The van der Waals surface area contributed by atoms with Crippen molar-refractivity contribution in [2.75, 3.05) is 19.4 Å². The second-order valence-electron chi connectivity index (χ2n) is 5.08. The van der Waals surface area contributed by atoms with Gasteiger partial charge in [-0.25, -0.2) is 9.97 Å². The Morgan fingerprint density at radius 3 is 2.63 bits per heavy atom. The lowest BCUT2D eigenvalue weighted by Gasteiger charge is -2.15. The van der Waals surface area contributed by atoms with E-state index in [0.29, 0.717) is 28.7 Å². The van der Waals surface area contributed by atoms with Crippen molar-refractivity contribution in [3.63, 3.8) is 0 Å². The Morgan fingerprint density at radius 2 is 2.11 bits per heavy atom. The molecule has 1 fully saturated rings. The first-order valence-electron chi connectivity index (χ1n) is 6.29. The molecule has 1 aromatic rings. The molecule has 2 N–H and O–H groups in total. The maximum Gasteiger partial charge on any atom is 0.255 e. The number of nitrogens with zero attached hydrogens (tertiary/aromatic N) is 2. The Bertz CT molecular complexity index is 501. The van der Waals surface area contributed by atoms with Crippen LogP contribution in [-0.2, 0) is 0 Å². The van der Waals surface area contributed by atoms with Crippen LogP contribution in [0.15, 0.2) is 5.03 Å². The number of rotatable bonds is 5. The number of hydrogen-bond donors (Lipinski definition) is 2. The van der Waals surface area contributed by atoms with Gasteiger partial charge >= 0.3 is 0 Å². The lowest BCUT2D eigenvalue weighted by atomic mass is 10.1. The predicted octanol–water partition coefficient (Wildman–Crippen LogP) is 1.32. The van der Waals surface area contributed by atoms with Crippen LogP contribution in [0.1, 0.15) is 34.7 Å². The number of hydrogen-bond acceptors (Lipinski definition) is 5. The molecule has 6 heteroatoms. The highest BCUT2D eigenvalue weighted by molar-refractivity contribution is 7.98. The third-order valence-electron chi connectivity index (χ3n) is 3.51. The predicted molar refractivity (Wildman–Crippen MR) is 74.4 cm³/mol. The number of carbonyl (C=O) groups is 1. The number of nitrogens with one attached hydrogen (secondary N) is 1. The molecule has 0 bridgehead atoms. The molecule has 0 unspecified atom stereocenters. The first-order valence-corrected chi connectivity index (χ1v) is 7.52. The lowest BCUT2D eigenvalue weighted by Crippen LogP contribution is -2.33. The molecule has 1 heterocycles. The highest BCUT2D eigenvalue weighted by Crippen LogP contribution is 2.44. The Morgan fingerprint density at radius 1 is 1.42 bits per heavy atom. The van der Waals surface area contributed by atoms with E-state index in [4.69, 9.17) is 0 Å². The normalized spacial score (nSPS) is 16.2. The van der Waals surface area contributed by atoms with E-state index in [9.17, 15) is 9.90 Å². The molecule has 1 saturated carbocycles. The van der Waals surface area contributed by atoms with Gasteiger partial charge in [-0.3, -0.25) is 4.79 Å². The smallest absolute Gasteiger partial charge is 0.255 e. The van der Waals surface area contributed by atoms with E-state index < -0.39 is 0 Å². The van der Waals surface area contributed by atoms with Crippen LogP contribution in [0.2, 0.25) is 0 Å². The van der Waals surface area contributed by atoms with Gasteiger partial charge in [0.25, 0.3) is 5.91 Å². The molecule has 104 valence electrons. The molecule has 2 rings (SSSR count). The molecule has 0 radical (unpaired) electrons. The summed E-state index contributed by atoms with van der Waals surface area (Å²) in [7, 11) is 0. The third-order valence-corrected chi connectivity index (χ3v) is 4.19. The van der Waals surface area contributed by atoms with Crippen LogP contribution in [0.25, 0.3) is 0 Å². The number of aromatic nitrogens is 2. The van der Waals surface area contributed by atoms with Gasteiger partial charge in [0.15, 0.2) is 0 Å². The van der Waals surface area contributed by atoms with Crippen molar-refractivity contribution in [3.8, 4) is 0 Å². The standard InChI is InChI=1S/C13H19N3O2S/c1-8-10(12(19-3)16-9(2)15-8)11(18)14-6-13(7-17)4-5-13/h17H,4-7H2,1-3H3,(H,14,18). The molecule has 0 aromatic carbocycles. The van der Waals surface area contributed by atoms with E-state index in [0.717, 1.165) is 12.8 Å². The Hall–Kier alpha value is -1.14. The van der Waals surface area contributed by atoms with E-state index in [-0.39, 0.29) is 17.9 Å². The topological polar surface area (TPSA) is 75.1 Å². The lowest BCUT2D eigenvalue weighted by molar-refractivity contribution is 0.0930. The second-order valence-corrected chi connectivity index (χ2v) is 5.88. The fourth-order valence-electron chi connectivity index (χ4n) is 2.01. The van der Waals surface area contributed by atoms with E-state index in [1.807, 2.05) is 20.1 Å². The zero-order valence-corrected chi connectivity index (χ0v) is 12.3. The minimum Gasteiger partial charge on any atom is -0.396 e. The first-order chi connectivity index (χ1) is 9.01. The fourth-order valence-corrected chi connectivity index (χ4v) is 2.68. The van der Waals surface area contributed by atoms with Crippen molar-refractivity contribution < 1.29 is 9.90 Å². The molecular weight excluding hydrogens is 262 g/mol. The third kappa shape index (κ3) is 3.06. The van der Waals surface area contributed by atoms with Crippen LogP contribution in [0.4, 0.5) is 0 Å². The number of carbonyl (C=O) groups excluding carboxylic acids is 1. The first kappa shape index (κ1) is 14.3. The van der Waals surface area contributed by atoms with Crippen molar-refractivity contribution in [2.45, 2.75) is 31.7 Å². The van der Waals surface area contributed by atoms with Crippen molar-refractivity contribution in [1.82, 2.24) is 15.3 Å². The zero-order valence-electron chi connectivity index (χ0n) is 11.5. The Kier molecular flexibility index (Phi) is 4.10. The molecule has 5 nitrogen and oxygen atoms in total. The number of aliphatic hydroxyl groups is 1. The maximum atomic E-state index is 12.3. The van der Waals surface area contributed by atoms with Crippen molar-refractivity contribution in [3.05, 3.63) is 17.1 Å². The minimum atomic E-state index is -0.151. The Balaban J connectivity index is 2.14. The van der Waals surface area contributed by atoms with E-state index >= 15 is 0 Å². The van der Waals surface area contributed by atoms with Crippen LogP contribution >= 0.6 is 11.8 Å². The summed E-state index contributed by atoms with van der Waals surface area (Å²) in [5.74, 6) is 0.522. The highest BCUT2D eigenvalue weighted by Gasteiger charge is 2.42. The molecule has 1 amide bonds. The summed E-state index contributed by atoms with van der Waals surface area (Å²) in [6, 6.07) is 0. The van der Waals surface area contributed by atoms with Gasteiger partial charge in [-0.05, 0) is 32.9 Å². The SMILES string of the molecule is CSc1nc(C)nc(C)c1C(=O)NCC1(CO)CC1. The quantitative estimate of drug-likeness (QED) is 0.629. The Labute approximate surface area is 117 Å². The number of aliphatic hydroxyl groups excluding tert-OH is 1. The van der Waals surface area contributed by atoms with Gasteiger partial charge in [0.2, 0.25) is 0 Å². The van der Waals surface area contributed by atoms with Crippen molar-refractivity contribution >= 4 is 17.7 Å². The van der Waals surface area contributed by atoms with Crippen LogP contribution in [0.5, 0.6) is 0 Å². The largest absolute Gasteiger partial charge is 0.396 e. The van der Waals surface area contributed by atoms with Gasteiger partial charge in [-0.15, -0.1) is 11.8 Å². The van der Waals surface area contributed by atoms with Crippen LogP contribution < -0.4 is 5.32 Å². The number of aryl methyl sites for hydroxylation is 2. The average Bonchev–Trinajstić information content (AvgIpc) is 3.15. The zero-order chi connectivity index (χ0) is 14.0. The van der Waals surface area contributed by atoms with Crippen LogP contribution in [-0.4, -0.2) is 40.4 Å². The molecule has 1 aromatic heterocycles. The van der Waals surface area contributed by atoms with Gasteiger partial charge in [-0.2, -0.15) is 0 Å². The summed E-state index contributed by atoms with van der Waals surface area (Å²) in [6.07, 6.45) is 3.85. The van der Waals surface area contributed by atoms with Crippen molar-refractivity contribution in [2.24, 2.45) is 5.41 Å². The molecule has 19 heavy (non-hydrogen) atoms. The van der Waals surface area contributed by atoms with Gasteiger partial charge in [-0.1, -0.05) is 0 Å². The van der Waals surface area contributed by atoms with E-state index in [2.05, 4.69) is 15.3 Å². The summed E-state index contributed by atoms with van der Waals surface area (Å²) in [6.45, 7) is 4.29. The minimum absolute atomic E-state index is 0.0887. The highest BCUT2D eigenvalue weighted by atomic mass is 32.2. The summed E-state index contributed by atoms with van der Waals surface area (Å²) in [5, 5.41) is 12.9. The van der Waals surface area contributed by atoms with Gasteiger partial charge in [0.1, 0.15) is 10.9 Å².